The van der Waals surface area contributed by atoms with Crippen LogP contribution < -0.4 is 10.7 Å². The summed E-state index contributed by atoms with van der Waals surface area (Å²) in [5.41, 5.74) is 9.96. The predicted octanol–water partition coefficient (Wildman–Crippen LogP) is 7.28. The number of nitrogens with one attached hydrogen (secondary N) is 2. The SMILES string of the molecule is C.C=CC(=O)N1CC(OCC(C(=O)N[C@H]2Cc3nc(cs3)-c3ccc4c(c3)c(c(-c3cccnc3C(C)C)n4CC)CC(C)(C)COC(=O)[C@@H]3CCCN(N3)C2=O)C(C)C)C1.S.S.S. The van der Waals surface area contributed by atoms with E-state index in [4.69, 9.17) is 19.4 Å². The average Bonchev–Trinajstić information content (AvgIpc) is 3.81. The van der Waals surface area contributed by atoms with Crippen molar-refractivity contribution in [1.82, 2.24) is 35.2 Å². The van der Waals surface area contributed by atoms with E-state index in [1.165, 1.54) is 28.0 Å². The number of ether oxygens (including phenoxy) is 2. The highest BCUT2D eigenvalue weighted by Crippen LogP contribution is 2.42. The number of hydrazine groups is 1. The van der Waals surface area contributed by atoms with Gasteiger partial charge in [-0.1, -0.05) is 61.6 Å². The van der Waals surface area contributed by atoms with E-state index in [0.29, 0.717) is 43.9 Å². The van der Waals surface area contributed by atoms with E-state index in [-0.39, 0.29) is 103 Å². The van der Waals surface area contributed by atoms with Crippen molar-refractivity contribution in [2.45, 2.75) is 112 Å². The van der Waals surface area contributed by atoms with E-state index < -0.39 is 29.4 Å². The molecule has 3 aliphatic heterocycles. The number of nitrogens with zero attached hydrogens (tertiary/aromatic N) is 5. The highest BCUT2D eigenvalue weighted by Gasteiger charge is 2.38. The molecule has 2 saturated heterocycles. The Balaban J connectivity index is 0.00000272. The van der Waals surface area contributed by atoms with Crippen molar-refractivity contribution in [3.8, 4) is 22.5 Å². The minimum absolute atomic E-state index is 0. The van der Waals surface area contributed by atoms with Gasteiger partial charge >= 0.3 is 5.97 Å². The van der Waals surface area contributed by atoms with Crippen LogP contribution in [-0.4, -0.2) is 99.2 Å². The molecule has 1 aromatic carbocycles. The summed E-state index contributed by atoms with van der Waals surface area (Å²) in [5, 5.41) is 8.34. The molecule has 3 atom stereocenters. The molecule has 3 amide bonds. The van der Waals surface area contributed by atoms with Gasteiger partial charge in [-0.05, 0) is 73.9 Å². The van der Waals surface area contributed by atoms with Crippen LogP contribution in [0.25, 0.3) is 33.4 Å². The molecule has 3 aliphatic rings. The molecule has 2 N–H and O–H groups in total. The van der Waals surface area contributed by atoms with Crippen molar-refractivity contribution in [3.63, 3.8) is 0 Å². The van der Waals surface area contributed by atoms with E-state index in [1.807, 2.05) is 31.5 Å². The number of aromatic nitrogens is 3. The fourth-order valence-electron chi connectivity index (χ4n) is 8.53. The van der Waals surface area contributed by atoms with Gasteiger partial charge in [0.15, 0.2) is 0 Å². The molecular formula is C47H69N7O6S4. The van der Waals surface area contributed by atoms with Crippen LogP contribution in [0.1, 0.15) is 90.9 Å². The van der Waals surface area contributed by atoms with Crippen molar-refractivity contribution < 1.29 is 28.7 Å². The smallest absolute Gasteiger partial charge is 0.324 e. The number of fused-ring (bicyclic) bond motifs is 6. The topological polar surface area (TPSA) is 148 Å². The van der Waals surface area contributed by atoms with Crippen LogP contribution in [0.2, 0.25) is 0 Å². The Morgan fingerprint density at radius 3 is 2.53 bits per heavy atom. The molecule has 0 aliphatic carbocycles. The second-order valence-corrected chi connectivity index (χ2v) is 18.7. The van der Waals surface area contributed by atoms with E-state index in [2.05, 4.69) is 80.8 Å². The summed E-state index contributed by atoms with van der Waals surface area (Å²) < 4.78 is 14.6. The molecule has 2 fully saturated rings. The number of pyridine rings is 1. The van der Waals surface area contributed by atoms with Crippen molar-refractivity contribution in [3.05, 3.63) is 70.8 Å². The first-order chi connectivity index (χ1) is 28.7. The maximum absolute atomic E-state index is 14.4. The third-order valence-electron chi connectivity index (χ3n) is 12.0. The molecule has 17 heteroatoms. The van der Waals surface area contributed by atoms with Crippen LogP contribution in [-0.2, 0) is 48.0 Å². The maximum atomic E-state index is 14.4. The Hall–Kier alpha value is -3.87. The number of benzene rings is 1. The van der Waals surface area contributed by atoms with Gasteiger partial charge in [0, 0.05) is 71.6 Å². The first-order valence-corrected chi connectivity index (χ1v) is 22.2. The largest absolute Gasteiger partial charge is 0.464 e. The molecule has 352 valence electrons. The second kappa shape index (κ2) is 23.0. The van der Waals surface area contributed by atoms with Crippen LogP contribution in [0.4, 0.5) is 0 Å². The quantitative estimate of drug-likeness (QED) is 0.124. The summed E-state index contributed by atoms with van der Waals surface area (Å²) in [6, 6.07) is 8.94. The summed E-state index contributed by atoms with van der Waals surface area (Å²) in [4.78, 5) is 65.8. The van der Waals surface area contributed by atoms with Gasteiger partial charge in [0.1, 0.15) is 12.1 Å². The lowest BCUT2D eigenvalue weighted by Crippen LogP contribution is -2.61. The number of amides is 3. The van der Waals surface area contributed by atoms with Crippen molar-refractivity contribution in [1.29, 1.82) is 0 Å². The third-order valence-corrected chi connectivity index (χ3v) is 12.8. The number of esters is 1. The molecule has 64 heavy (non-hydrogen) atoms. The highest BCUT2D eigenvalue weighted by molar-refractivity contribution is 7.59. The molecule has 0 saturated carbocycles. The molecule has 0 radical (unpaired) electrons. The summed E-state index contributed by atoms with van der Waals surface area (Å²) >= 11 is 1.45. The number of hydrogen-bond acceptors (Lipinski definition) is 10. The summed E-state index contributed by atoms with van der Waals surface area (Å²) in [6.45, 7) is 20.5. The fourth-order valence-corrected chi connectivity index (χ4v) is 9.38. The van der Waals surface area contributed by atoms with Crippen molar-refractivity contribution in [2.75, 3.05) is 32.8 Å². The molecule has 4 aromatic rings. The lowest BCUT2D eigenvalue weighted by Gasteiger charge is -2.39. The van der Waals surface area contributed by atoms with Crippen LogP contribution in [0, 0.1) is 17.3 Å². The van der Waals surface area contributed by atoms with Gasteiger partial charge in [0.2, 0.25) is 11.8 Å². The lowest BCUT2D eigenvalue weighted by molar-refractivity contribution is -0.155. The monoisotopic (exact) mass is 955 g/mol. The lowest BCUT2D eigenvalue weighted by atomic mass is 9.84. The zero-order valence-corrected chi connectivity index (χ0v) is 41.3. The number of likely N-dealkylation sites (tertiary alicyclic amines) is 1. The number of cyclic esters (lactones) is 1. The molecule has 1 unspecified atom stereocenters. The van der Waals surface area contributed by atoms with Crippen LogP contribution >= 0.6 is 51.8 Å². The first kappa shape index (κ1) is 54.5. The normalized spacial score (nSPS) is 19.2. The van der Waals surface area contributed by atoms with E-state index in [1.54, 1.807) is 4.90 Å². The van der Waals surface area contributed by atoms with E-state index in [0.717, 1.165) is 45.7 Å². The van der Waals surface area contributed by atoms with Crippen LogP contribution in [0.5, 0.6) is 0 Å². The Bertz CT molecular complexity index is 2270. The Morgan fingerprint density at radius 1 is 1.12 bits per heavy atom. The summed E-state index contributed by atoms with van der Waals surface area (Å²) in [7, 11) is 0. The molecule has 7 rings (SSSR count). The third kappa shape index (κ3) is 11.7. The average molecular weight is 956 g/mol. The maximum Gasteiger partial charge on any atom is 0.324 e. The molecule has 6 bridgehead atoms. The molecule has 6 heterocycles. The zero-order chi connectivity index (χ0) is 42.9. The molecule has 3 aromatic heterocycles. The molecule has 0 spiro atoms. The van der Waals surface area contributed by atoms with Crippen molar-refractivity contribution in [2.24, 2.45) is 17.3 Å². The number of carbonyl (C=O) groups excluding carboxylic acids is 4. The van der Waals surface area contributed by atoms with Gasteiger partial charge in [-0.15, -0.1) is 11.3 Å². The number of rotatable bonds is 10. The van der Waals surface area contributed by atoms with Gasteiger partial charge in [-0.25, -0.2) is 10.4 Å². The van der Waals surface area contributed by atoms with E-state index in [9.17, 15) is 19.2 Å². The molecule has 13 nitrogen and oxygen atoms in total. The van der Waals surface area contributed by atoms with Crippen molar-refractivity contribution >= 4 is 86.4 Å². The zero-order valence-electron chi connectivity index (χ0n) is 37.5. The fraction of sp³-hybridized carbons (Fsp3) is 0.532. The van der Waals surface area contributed by atoms with Crippen LogP contribution in [0.15, 0.2) is 54.6 Å². The molecular weight excluding hydrogens is 887 g/mol. The van der Waals surface area contributed by atoms with Gasteiger partial charge in [0.05, 0.1) is 47.3 Å². The van der Waals surface area contributed by atoms with Crippen LogP contribution in [0.3, 0.4) is 0 Å². The van der Waals surface area contributed by atoms with Gasteiger partial charge in [0.25, 0.3) is 5.91 Å². The van der Waals surface area contributed by atoms with Gasteiger partial charge < -0.3 is 24.3 Å². The minimum Gasteiger partial charge on any atom is -0.464 e. The predicted molar refractivity (Wildman–Crippen MR) is 271 cm³/mol. The van der Waals surface area contributed by atoms with E-state index >= 15 is 0 Å². The Labute approximate surface area is 403 Å². The number of carbonyl (C=O) groups is 4. The standard InChI is InChI=1S/C46H59N7O6S.CH4.3H2S/c1-9-40(54)51-22-30(23-51)58-24-34(27(3)4)43(55)49-36-20-39-48-37(25-60-39)29-15-16-38-32(19-29)33(42(52(38)10-2)31-13-11-17-47-41(31)28(5)6)21-46(7,8)26-59-45(57)35-14-12-18-53(50-35)44(36)56;;;;/h9,11,13,15-17,19,25,27-28,30,34-36,50H,1,10,12,14,18,20-24,26H2,2-8H3,(H,49,55);1H4;3*1H2/t34?,35-,36-;;;;/m0..../s1. The number of thiazole rings is 1. The Kier molecular flexibility index (Phi) is 19.6. The highest BCUT2D eigenvalue weighted by atomic mass is 32.1. The second-order valence-electron chi connectivity index (χ2n) is 17.8. The number of hydrogen-bond donors (Lipinski definition) is 2. The minimum atomic E-state index is -0.966. The Morgan fingerprint density at radius 2 is 1.86 bits per heavy atom. The van der Waals surface area contributed by atoms with Gasteiger partial charge in [-0.3, -0.25) is 29.2 Å². The van der Waals surface area contributed by atoms with Gasteiger partial charge in [-0.2, -0.15) is 40.5 Å². The summed E-state index contributed by atoms with van der Waals surface area (Å²) in [5.74, 6) is -1.66. The number of aryl methyl sites for hydroxylation is 1. The first-order valence-electron chi connectivity index (χ1n) is 21.3. The summed E-state index contributed by atoms with van der Waals surface area (Å²) in [6.07, 6.45) is 4.85.